The topological polar surface area (TPSA) is 63.1 Å². The second-order valence-corrected chi connectivity index (χ2v) is 9.89. The first-order valence-corrected chi connectivity index (χ1v) is 12.3. The Hall–Kier alpha value is -3.19. The first-order valence-electron chi connectivity index (χ1n) is 11.5. The number of nitrogens with zero attached hydrogens (tertiary/aromatic N) is 4. The zero-order valence-electron chi connectivity index (χ0n) is 19.3. The van der Waals surface area contributed by atoms with Crippen LogP contribution in [0.25, 0.3) is 16.0 Å². The molecule has 0 spiro atoms. The van der Waals surface area contributed by atoms with E-state index in [4.69, 9.17) is 10.1 Å². The molecule has 3 heterocycles. The fourth-order valence-corrected chi connectivity index (χ4v) is 5.47. The van der Waals surface area contributed by atoms with Crippen LogP contribution in [0.3, 0.4) is 0 Å². The van der Waals surface area contributed by atoms with Crippen molar-refractivity contribution in [1.82, 2.24) is 20.1 Å². The smallest absolute Gasteiger partial charge is 0.225 e. The molecule has 1 N–H and O–H groups in total. The number of benzene rings is 2. The average Bonchev–Trinajstić information content (AvgIpc) is 3.41. The minimum Gasteiger partial charge on any atom is -0.349 e. The van der Waals surface area contributed by atoms with Gasteiger partial charge in [-0.1, -0.05) is 59.4 Å². The highest BCUT2D eigenvalue weighted by Crippen LogP contribution is 2.34. The highest BCUT2D eigenvalue weighted by Gasteiger charge is 2.29. The van der Waals surface area contributed by atoms with E-state index in [1.807, 2.05) is 36.7 Å². The van der Waals surface area contributed by atoms with E-state index in [2.05, 4.69) is 53.5 Å². The summed E-state index contributed by atoms with van der Waals surface area (Å²) >= 11 is 1.67. The van der Waals surface area contributed by atoms with Gasteiger partial charge in [0, 0.05) is 13.1 Å². The largest absolute Gasteiger partial charge is 0.349 e. The van der Waals surface area contributed by atoms with Crippen LogP contribution in [0.5, 0.6) is 0 Å². The zero-order valence-corrected chi connectivity index (χ0v) is 20.1. The van der Waals surface area contributed by atoms with Crippen LogP contribution in [0.1, 0.15) is 42.6 Å². The third kappa shape index (κ3) is 4.37. The number of thiazole rings is 1. The van der Waals surface area contributed by atoms with E-state index >= 15 is 0 Å². The van der Waals surface area contributed by atoms with Gasteiger partial charge in [-0.3, -0.25) is 4.79 Å². The van der Waals surface area contributed by atoms with Crippen LogP contribution in [0.15, 0.2) is 54.6 Å². The zero-order chi connectivity index (χ0) is 22.9. The quantitative estimate of drug-likeness (QED) is 0.446. The SMILES string of the molecule is Cc1ccc(-n2nc(C)c3sc(N4CCC[C@@H](C(=O)N[C@@H](C)c5ccccc5)C4)nc32)cc1. The number of rotatable bonds is 5. The van der Waals surface area contributed by atoms with E-state index < -0.39 is 0 Å². The second-order valence-electron chi connectivity index (χ2n) is 8.91. The van der Waals surface area contributed by atoms with Crippen molar-refractivity contribution < 1.29 is 4.79 Å². The molecule has 7 heteroatoms. The highest BCUT2D eigenvalue weighted by molar-refractivity contribution is 7.22. The summed E-state index contributed by atoms with van der Waals surface area (Å²) in [4.78, 5) is 20.3. The molecule has 0 saturated carbocycles. The van der Waals surface area contributed by atoms with Crippen LogP contribution < -0.4 is 10.2 Å². The summed E-state index contributed by atoms with van der Waals surface area (Å²) in [6, 6.07) is 18.5. The van der Waals surface area contributed by atoms with Crippen LogP contribution in [0, 0.1) is 19.8 Å². The Morgan fingerprint density at radius 3 is 2.64 bits per heavy atom. The predicted molar refractivity (Wildman–Crippen MR) is 134 cm³/mol. The molecule has 0 unspecified atom stereocenters. The number of piperidine rings is 1. The number of aromatic nitrogens is 3. The molecule has 2 aromatic heterocycles. The Kier molecular flexibility index (Phi) is 5.89. The van der Waals surface area contributed by atoms with E-state index in [-0.39, 0.29) is 17.9 Å². The first-order chi connectivity index (χ1) is 16.0. The monoisotopic (exact) mass is 459 g/mol. The molecule has 2 aromatic carbocycles. The standard InChI is InChI=1S/C26H29N5OS/c1-17-11-13-22(14-12-17)31-24-23(19(3)29-31)33-26(28-24)30-15-7-10-21(16-30)25(32)27-18(2)20-8-5-4-6-9-20/h4-6,8-9,11-14,18,21H,7,10,15-16H2,1-3H3,(H,27,32)/t18-,21+/m0/s1. The minimum atomic E-state index is -0.0355. The van der Waals surface area contributed by atoms with Crippen LogP contribution in [-0.2, 0) is 4.79 Å². The molecule has 0 bridgehead atoms. The molecular formula is C26H29N5OS. The summed E-state index contributed by atoms with van der Waals surface area (Å²) < 4.78 is 3.04. The van der Waals surface area contributed by atoms with Crippen molar-refractivity contribution in [2.45, 2.75) is 39.7 Å². The lowest BCUT2D eigenvalue weighted by Gasteiger charge is -2.32. The van der Waals surface area contributed by atoms with E-state index in [9.17, 15) is 4.79 Å². The summed E-state index contributed by atoms with van der Waals surface area (Å²) in [6.07, 6.45) is 1.89. The van der Waals surface area contributed by atoms with Crippen molar-refractivity contribution in [3.63, 3.8) is 0 Å². The Morgan fingerprint density at radius 1 is 1.12 bits per heavy atom. The Labute approximate surface area is 198 Å². The van der Waals surface area contributed by atoms with Gasteiger partial charge in [0.05, 0.1) is 28.0 Å². The number of amides is 1. The maximum atomic E-state index is 13.0. The van der Waals surface area contributed by atoms with Crippen molar-refractivity contribution >= 4 is 32.7 Å². The van der Waals surface area contributed by atoms with Gasteiger partial charge in [-0.25, -0.2) is 4.68 Å². The predicted octanol–water partition coefficient (Wildman–Crippen LogP) is 5.19. The van der Waals surface area contributed by atoms with E-state index in [0.29, 0.717) is 6.54 Å². The fourth-order valence-electron chi connectivity index (χ4n) is 4.45. The number of nitrogens with one attached hydrogen (secondary N) is 1. The lowest BCUT2D eigenvalue weighted by atomic mass is 9.96. The molecular weight excluding hydrogens is 430 g/mol. The number of fused-ring (bicyclic) bond motifs is 1. The van der Waals surface area contributed by atoms with Gasteiger partial charge in [0.1, 0.15) is 0 Å². The normalized spacial score (nSPS) is 17.3. The number of carbonyl (C=O) groups excluding carboxylic acids is 1. The molecule has 6 nitrogen and oxygen atoms in total. The molecule has 0 radical (unpaired) electrons. The molecule has 1 amide bonds. The Balaban J connectivity index is 1.34. The lowest BCUT2D eigenvalue weighted by Crippen LogP contribution is -2.43. The number of aryl methyl sites for hydroxylation is 2. The molecule has 2 atom stereocenters. The number of hydrogen-bond donors (Lipinski definition) is 1. The summed E-state index contributed by atoms with van der Waals surface area (Å²) in [6.45, 7) is 7.77. The summed E-state index contributed by atoms with van der Waals surface area (Å²) in [5.41, 5.74) is 5.23. The number of anilines is 1. The molecule has 33 heavy (non-hydrogen) atoms. The Morgan fingerprint density at radius 2 is 1.88 bits per heavy atom. The maximum absolute atomic E-state index is 13.0. The minimum absolute atomic E-state index is 0.000306. The second kappa shape index (κ2) is 8.98. The third-order valence-corrected chi connectivity index (χ3v) is 7.59. The molecule has 0 aliphatic carbocycles. The summed E-state index contributed by atoms with van der Waals surface area (Å²) in [5, 5.41) is 8.90. The molecule has 1 aliphatic rings. The third-order valence-electron chi connectivity index (χ3n) is 6.38. The Bertz CT molecular complexity index is 1260. The number of carbonyl (C=O) groups is 1. The van der Waals surface area contributed by atoms with Crippen molar-refractivity contribution in [3.8, 4) is 5.69 Å². The van der Waals surface area contributed by atoms with Gasteiger partial charge in [0.15, 0.2) is 10.8 Å². The molecule has 1 fully saturated rings. The average molecular weight is 460 g/mol. The van der Waals surface area contributed by atoms with Gasteiger partial charge in [0.25, 0.3) is 0 Å². The number of hydrogen-bond acceptors (Lipinski definition) is 5. The molecule has 170 valence electrons. The molecule has 5 rings (SSSR count). The lowest BCUT2D eigenvalue weighted by molar-refractivity contribution is -0.125. The molecule has 4 aromatic rings. The summed E-state index contributed by atoms with van der Waals surface area (Å²) in [5.74, 6) is 0.0887. The van der Waals surface area contributed by atoms with Crippen LogP contribution in [0.2, 0.25) is 0 Å². The van der Waals surface area contributed by atoms with E-state index in [1.54, 1.807) is 11.3 Å². The maximum Gasteiger partial charge on any atom is 0.225 e. The van der Waals surface area contributed by atoms with Crippen molar-refractivity contribution in [1.29, 1.82) is 0 Å². The van der Waals surface area contributed by atoms with E-state index in [1.165, 1.54) is 5.56 Å². The van der Waals surface area contributed by atoms with E-state index in [0.717, 1.165) is 51.8 Å². The van der Waals surface area contributed by atoms with Crippen molar-refractivity contribution in [2.24, 2.45) is 5.92 Å². The van der Waals surface area contributed by atoms with Crippen molar-refractivity contribution in [2.75, 3.05) is 18.0 Å². The van der Waals surface area contributed by atoms with Gasteiger partial charge in [0.2, 0.25) is 5.91 Å². The van der Waals surface area contributed by atoms with Gasteiger partial charge in [-0.05, 0) is 51.3 Å². The molecule has 1 aliphatic heterocycles. The van der Waals surface area contributed by atoms with Crippen LogP contribution >= 0.6 is 11.3 Å². The highest BCUT2D eigenvalue weighted by atomic mass is 32.1. The van der Waals surface area contributed by atoms with Gasteiger partial charge < -0.3 is 10.2 Å². The van der Waals surface area contributed by atoms with Crippen LogP contribution in [0.4, 0.5) is 5.13 Å². The van der Waals surface area contributed by atoms with Gasteiger partial charge in [-0.2, -0.15) is 10.1 Å². The van der Waals surface area contributed by atoms with Gasteiger partial charge >= 0.3 is 0 Å². The van der Waals surface area contributed by atoms with Gasteiger partial charge in [-0.15, -0.1) is 0 Å². The summed E-state index contributed by atoms with van der Waals surface area (Å²) in [7, 11) is 0. The van der Waals surface area contributed by atoms with Crippen molar-refractivity contribution in [3.05, 3.63) is 71.4 Å². The first kappa shape index (κ1) is 21.6. The van der Waals surface area contributed by atoms with Crippen LogP contribution in [-0.4, -0.2) is 33.8 Å². The fraction of sp³-hybridized carbons (Fsp3) is 0.346. The molecule has 1 saturated heterocycles.